The first-order valence-electron chi connectivity index (χ1n) is 6.59. The summed E-state index contributed by atoms with van der Waals surface area (Å²) in [6, 6.07) is 8.07. The van der Waals surface area contributed by atoms with Gasteiger partial charge in [-0.25, -0.2) is 4.79 Å². The van der Waals surface area contributed by atoms with E-state index in [0.29, 0.717) is 0 Å². The van der Waals surface area contributed by atoms with Gasteiger partial charge in [-0.15, -0.1) is 11.8 Å². The number of hydrogen-bond acceptors (Lipinski definition) is 3. The van der Waals surface area contributed by atoms with Crippen LogP contribution in [0.1, 0.15) is 33.3 Å². The Hall–Kier alpha value is -1.60. The lowest BCUT2D eigenvalue weighted by Gasteiger charge is -2.18. The van der Waals surface area contributed by atoms with E-state index in [1.807, 2.05) is 32.9 Å². The van der Waals surface area contributed by atoms with Gasteiger partial charge in [0.2, 0.25) is 0 Å². The van der Waals surface area contributed by atoms with E-state index in [0.717, 1.165) is 11.3 Å². The Morgan fingerprint density at radius 3 is 2.80 bits per heavy atom. The van der Waals surface area contributed by atoms with Crippen LogP contribution in [0, 0.1) is 11.8 Å². The second-order valence-electron chi connectivity index (χ2n) is 5.12. The number of carbonyl (C=O) groups excluding carboxylic acids is 1. The number of ether oxygens (including phenoxy) is 1. The van der Waals surface area contributed by atoms with Gasteiger partial charge in [0, 0.05) is 10.5 Å². The lowest BCUT2D eigenvalue weighted by Crippen LogP contribution is -2.32. The van der Waals surface area contributed by atoms with Gasteiger partial charge in [0.15, 0.2) is 0 Å². The largest absolute Gasteiger partial charge is 0.444 e. The molecule has 0 aliphatic rings. The predicted molar refractivity (Wildman–Crippen MR) is 84.0 cm³/mol. The third kappa shape index (κ3) is 7.10. The molecule has 1 aromatic rings. The quantitative estimate of drug-likeness (QED) is 0.682. The van der Waals surface area contributed by atoms with E-state index in [2.05, 4.69) is 36.2 Å². The number of thioether (sulfide) groups is 1. The van der Waals surface area contributed by atoms with E-state index in [4.69, 9.17) is 4.74 Å². The number of nitrogens with one attached hydrogen (secondary N) is 1. The van der Waals surface area contributed by atoms with Crippen LogP contribution in [-0.2, 0) is 4.74 Å². The Kier molecular flexibility index (Phi) is 6.47. The molecular weight excluding hydrogens is 270 g/mol. The fourth-order valence-electron chi connectivity index (χ4n) is 1.41. The molecule has 1 rings (SSSR count). The molecule has 0 heterocycles. The Labute approximate surface area is 125 Å². The van der Waals surface area contributed by atoms with Gasteiger partial charge in [-0.3, -0.25) is 0 Å². The highest BCUT2D eigenvalue weighted by Crippen LogP contribution is 2.17. The maximum Gasteiger partial charge on any atom is 0.408 e. The van der Waals surface area contributed by atoms with Gasteiger partial charge in [0.25, 0.3) is 0 Å². The van der Waals surface area contributed by atoms with Crippen LogP contribution in [0.2, 0.25) is 0 Å². The van der Waals surface area contributed by atoms with E-state index in [-0.39, 0.29) is 6.54 Å². The first kappa shape index (κ1) is 16.5. The van der Waals surface area contributed by atoms with Crippen molar-refractivity contribution in [3.05, 3.63) is 29.8 Å². The Morgan fingerprint density at radius 1 is 1.40 bits per heavy atom. The van der Waals surface area contributed by atoms with Crippen LogP contribution in [0.4, 0.5) is 4.79 Å². The van der Waals surface area contributed by atoms with Gasteiger partial charge in [0.1, 0.15) is 5.60 Å². The number of amides is 1. The first-order valence-corrected chi connectivity index (χ1v) is 7.58. The van der Waals surface area contributed by atoms with Gasteiger partial charge in [-0.05, 0) is 44.7 Å². The summed E-state index contributed by atoms with van der Waals surface area (Å²) >= 11 is 1.78. The molecule has 0 saturated heterocycles. The van der Waals surface area contributed by atoms with Gasteiger partial charge >= 0.3 is 6.09 Å². The summed E-state index contributed by atoms with van der Waals surface area (Å²) in [7, 11) is 0. The molecule has 0 atom stereocenters. The van der Waals surface area contributed by atoms with Gasteiger partial charge in [-0.1, -0.05) is 24.8 Å². The monoisotopic (exact) mass is 291 g/mol. The van der Waals surface area contributed by atoms with Crippen LogP contribution < -0.4 is 5.32 Å². The van der Waals surface area contributed by atoms with Crippen molar-refractivity contribution < 1.29 is 9.53 Å². The predicted octanol–water partition coefficient (Wildman–Crippen LogP) is 3.67. The van der Waals surface area contributed by atoms with Gasteiger partial charge < -0.3 is 10.1 Å². The molecule has 0 saturated carbocycles. The van der Waals surface area contributed by atoms with Crippen molar-refractivity contribution in [1.29, 1.82) is 0 Å². The van der Waals surface area contributed by atoms with E-state index in [1.54, 1.807) is 11.8 Å². The van der Waals surface area contributed by atoms with E-state index in [9.17, 15) is 4.79 Å². The minimum atomic E-state index is -0.483. The highest BCUT2D eigenvalue weighted by molar-refractivity contribution is 7.99. The molecule has 0 aliphatic heterocycles. The first-order chi connectivity index (χ1) is 9.40. The highest BCUT2D eigenvalue weighted by Gasteiger charge is 2.14. The number of hydrogen-bond donors (Lipinski definition) is 1. The van der Waals surface area contributed by atoms with E-state index >= 15 is 0 Å². The van der Waals surface area contributed by atoms with Crippen LogP contribution in [0.5, 0.6) is 0 Å². The minimum absolute atomic E-state index is 0.278. The second kappa shape index (κ2) is 7.86. The fourth-order valence-corrected chi connectivity index (χ4v) is 2.13. The number of benzene rings is 1. The maximum atomic E-state index is 11.4. The number of carbonyl (C=O) groups is 1. The SMILES string of the molecule is CCSc1cccc(C#CCNC(=O)OC(C)(C)C)c1. The standard InChI is InChI=1S/C16H21NO2S/c1-5-20-14-10-6-8-13(12-14)9-7-11-17-15(18)19-16(2,3)4/h6,8,10,12H,5,11H2,1-4H3,(H,17,18). The van der Waals surface area contributed by atoms with Crippen molar-refractivity contribution >= 4 is 17.9 Å². The lowest BCUT2D eigenvalue weighted by atomic mass is 10.2. The zero-order valence-electron chi connectivity index (χ0n) is 12.4. The molecule has 0 unspecified atom stereocenters. The molecule has 0 aliphatic carbocycles. The number of alkyl carbamates (subject to hydrolysis) is 1. The third-order valence-corrected chi connectivity index (χ3v) is 2.97. The Bertz CT molecular complexity index is 509. The topological polar surface area (TPSA) is 38.3 Å². The zero-order valence-corrected chi connectivity index (χ0v) is 13.3. The molecular formula is C16H21NO2S. The maximum absolute atomic E-state index is 11.4. The molecule has 0 bridgehead atoms. The summed E-state index contributed by atoms with van der Waals surface area (Å²) in [6.07, 6.45) is -0.443. The Balaban J connectivity index is 2.46. The summed E-state index contributed by atoms with van der Waals surface area (Å²) in [4.78, 5) is 12.6. The van der Waals surface area contributed by atoms with Crippen molar-refractivity contribution in [1.82, 2.24) is 5.32 Å². The summed E-state index contributed by atoms with van der Waals surface area (Å²) in [5.74, 6) is 6.98. The Morgan fingerprint density at radius 2 is 2.15 bits per heavy atom. The molecule has 3 nitrogen and oxygen atoms in total. The zero-order chi connectivity index (χ0) is 15.0. The van der Waals surface area contributed by atoms with Crippen molar-refractivity contribution in [2.75, 3.05) is 12.3 Å². The summed E-state index contributed by atoms with van der Waals surface area (Å²) < 4.78 is 5.12. The third-order valence-electron chi connectivity index (χ3n) is 2.10. The fraction of sp³-hybridized carbons (Fsp3) is 0.438. The van der Waals surface area contributed by atoms with Crippen molar-refractivity contribution in [2.45, 2.75) is 38.2 Å². The normalized spacial score (nSPS) is 10.4. The molecule has 1 amide bonds. The molecule has 0 spiro atoms. The minimum Gasteiger partial charge on any atom is -0.444 e. The molecule has 4 heteroatoms. The lowest BCUT2D eigenvalue weighted by molar-refractivity contribution is 0.0535. The van der Waals surface area contributed by atoms with Crippen molar-refractivity contribution in [3.8, 4) is 11.8 Å². The molecule has 0 radical (unpaired) electrons. The molecule has 20 heavy (non-hydrogen) atoms. The van der Waals surface area contributed by atoms with Gasteiger partial charge in [-0.2, -0.15) is 0 Å². The average Bonchev–Trinajstić information content (AvgIpc) is 2.33. The summed E-state index contributed by atoms with van der Waals surface area (Å²) in [5, 5.41) is 2.61. The van der Waals surface area contributed by atoms with E-state index in [1.165, 1.54) is 4.90 Å². The molecule has 0 aromatic heterocycles. The molecule has 1 aromatic carbocycles. The van der Waals surface area contributed by atoms with Crippen LogP contribution in [0.15, 0.2) is 29.2 Å². The molecule has 1 N–H and O–H groups in total. The molecule has 108 valence electrons. The van der Waals surface area contributed by atoms with Crippen LogP contribution in [0.3, 0.4) is 0 Å². The van der Waals surface area contributed by atoms with Crippen molar-refractivity contribution in [3.63, 3.8) is 0 Å². The summed E-state index contributed by atoms with van der Waals surface area (Å²) in [5.41, 5.74) is 0.470. The van der Waals surface area contributed by atoms with Gasteiger partial charge in [0.05, 0.1) is 6.54 Å². The molecule has 0 fully saturated rings. The highest BCUT2D eigenvalue weighted by atomic mass is 32.2. The van der Waals surface area contributed by atoms with Crippen LogP contribution in [-0.4, -0.2) is 24.0 Å². The van der Waals surface area contributed by atoms with Crippen molar-refractivity contribution in [2.24, 2.45) is 0 Å². The average molecular weight is 291 g/mol. The smallest absolute Gasteiger partial charge is 0.408 e. The van der Waals surface area contributed by atoms with E-state index < -0.39 is 11.7 Å². The second-order valence-corrected chi connectivity index (χ2v) is 6.46. The van der Waals surface area contributed by atoms with Crippen LogP contribution in [0.25, 0.3) is 0 Å². The van der Waals surface area contributed by atoms with Crippen LogP contribution >= 0.6 is 11.8 Å². The number of rotatable bonds is 3. The summed E-state index contributed by atoms with van der Waals surface area (Å²) in [6.45, 7) is 7.88.